The Morgan fingerprint density at radius 1 is 0.710 bits per heavy atom. The Labute approximate surface area is 400 Å². The number of rotatable bonds is 11. The van der Waals surface area contributed by atoms with Crippen molar-refractivity contribution in [3.63, 3.8) is 0 Å². The van der Waals surface area contributed by atoms with E-state index in [1.54, 1.807) is 6.92 Å². The Morgan fingerprint density at radius 3 is 1.94 bits per heavy atom. The van der Waals surface area contributed by atoms with Crippen LogP contribution >= 0.6 is 0 Å². The molecule has 4 aliphatic heterocycles. The Hall–Kier alpha value is -2.00. The molecule has 2 bridgehead atoms. The van der Waals surface area contributed by atoms with Gasteiger partial charge in [-0.25, -0.2) is 4.79 Å². The van der Waals surface area contributed by atoms with Crippen LogP contribution in [-0.4, -0.2) is 204 Å². The highest BCUT2D eigenvalue weighted by Gasteiger charge is 2.68. The van der Waals surface area contributed by atoms with Crippen LogP contribution in [0.15, 0.2) is 11.6 Å². The normalized spacial score (nSPS) is 55.0. The largest absolute Gasteiger partial charge is 0.462 e. The molecular formula is C48H74O21. The maximum absolute atomic E-state index is 13.0. The maximum Gasteiger partial charge on any atom is 0.338 e. The summed E-state index contributed by atoms with van der Waals surface area (Å²) >= 11 is 0. The smallest absolute Gasteiger partial charge is 0.338 e. The van der Waals surface area contributed by atoms with Gasteiger partial charge in [-0.1, -0.05) is 32.4 Å². The number of carbonyl (C=O) groups excluding carboxylic acids is 2. The van der Waals surface area contributed by atoms with Crippen LogP contribution in [-0.2, 0) is 47.5 Å². The Bertz CT molecular complexity index is 1910. The number of aliphatic hydroxyl groups is 11. The Balaban J connectivity index is 0.960. The van der Waals surface area contributed by atoms with E-state index >= 15 is 0 Å². The highest BCUT2D eigenvalue weighted by atomic mass is 16.8. The molecule has 27 atom stereocenters. The van der Waals surface area contributed by atoms with Crippen LogP contribution in [0, 0.1) is 45.8 Å². The SMILES string of the molecule is CC(=O)O[C@H]1C[C@H](O[C@@H]2O[C@H](CO[C@@H]3O[C@H](CO)[C@@H](O)[C@H](O)[C@H]3O)[C@@H](O)[C@H](O)[C@H]2O[C@@H]2O[C@H](CO)[C@@H](O)[C@H](O)[C@H]2O)CC2=CC[C@H]3[C@@H]4CC[C@H]([C@@H]5C[C@@]6(C)C[C@@H]5OC(=O)[C@@]6(C)O)[C@@]4(C)CC[C@@H]3[C@]21C. The number of carbonyl (C=O) groups is 2. The molecule has 392 valence electrons. The maximum atomic E-state index is 13.0. The average molecular weight is 987 g/mol. The summed E-state index contributed by atoms with van der Waals surface area (Å²) in [6.07, 6.45) is -18.2. The predicted molar refractivity (Wildman–Crippen MR) is 231 cm³/mol. The third-order valence-corrected chi connectivity index (χ3v) is 19.1. The summed E-state index contributed by atoms with van der Waals surface area (Å²) < 4.78 is 47.9. The molecule has 0 amide bonds. The molecule has 4 saturated heterocycles. The lowest BCUT2D eigenvalue weighted by Gasteiger charge is -2.60. The van der Waals surface area contributed by atoms with Crippen molar-refractivity contribution in [2.45, 2.75) is 208 Å². The zero-order valence-corrected chi connectivity index (χ0v) is 39.8. The average Bonchev–Trinajstić information content (AvgIpc) is 3.82. The van der Waals surface area contributed by atoms with E-state index in [1.165, 1.54) is 6.92 Å². The van der Waals surface area contributed by atoms with Gasteiger partial charge >= 0.3 is 11.9 Å². The van der Waals surface area contributed by atoms with E-state index in [0.29, 0.717) is 24.7 Å². The second kappa shape index (κ2) is 19.0. The molecule has 0 radical (unpaired) electrons. The molecule has 5 aliphatic carbocycles. The highest BCUT2D eigenvalue weighted by Crippen LogP contribution is 2.70. The lowest BCUT2D eigenvalue weighted by Crippen LogP contribution is -2.65. The van der Waals surface area contributed by atoms with Gasteiger partial charge in [0.2, 0.25) is 0 Å². The van der Waals surface area contributed by atoms with Gasteiger partial charge in [-0.15, -0.1) is 0 Å². The molecule has 0 unspecified atom stereocenters. The molecule has 11 N–H and O–H groups in total. The number of hydrogen-bond donors (Lipinski definition) is 11. The molecule has 0 spiro atoms. The van der Waals surface area contributed by atoms with Crippen molar-refractivity contribution in [3.05, 3.63) is 11.6 Å². The summed E-state index contributed by atoms with van der Waals surface area (Å²) in [6, 6.07) is 0. The minimum absolute atomic E-state index is 0.0420. The molecule has 0 aromatic carbocycles. The van der Waals surface area contributed by atoms with Gasteiger partial charge < -0.3 is 94.1 Å². The van der Waals surface area contributed by atoms with Crippen molar-refractivity contribution in [1.82, 2.24) is 0 Å². The fourth-order valence-corrected chi connectivity index (χ4v) is 14.9. The molecule has 0 aromatic rings. The minimum atomic E-state index is -1.90. The van der Waals surface area contributed by atoms with E-state index in [9.17, 15) is 65.8 Å². The van der Waals surface area contributed by atoms with Crippen LogP contribution in [0.3, 0.4) is 0 Å². The van der Waals surface area contributed by atoms with E-state index in [4.69, 9.17) is 37.9 Å². The quantitative estimate of drug-likeness (QED) is 0.0790. The van der Waals surface area contributed by atoms with Gasteiger partial charge in [-0.2, -0.15) is 0 Å². The lowest BCUT2D eigenvalue weighted by atomic mass is 9.46. The van der Waals surface area contributed by atoms with Crippen molar-refractivity contribution in [2.24, 2.45) is 45.8 Å². The van der Waals surface area contributed by atoms with Gasteiger partial charge in [0.15, 0.2) is 24.5 Å². The van der Waals surface area contributed by atoms with Crippen LogP contribution in [0.2, 0.25) is 0 Å². The van der Waals surface area contributed by atoms with Crippen molar-refractivity contribution in [3.8, 4) is 0 Å². The molecule has 21 nitrogen and oxygen atoms in total. The Kier molecular flexibility index (Phi) is 14.3. The highest BCUT2D eigenvalue weighted by molar-refractivity contribution is 5.81. The second-order valence-corrected chi connectivity index (χ2v) is 22.7. The minimum Gasteiger partial charge on any atom is -0.462 e. The number of fused-ring (bicyclic) bond motifs is 7. The predicted octanol–water partition coefficient (Wildman–Crippen LogP) is -1.97. The van der Waals surface area contributed by atoms with Gasteiger partial charge in [-0.3, -0.25) is 4.79 Å². The molecule has 21 heteroatoms. The first-order valence-electron chi connectivity index (χ1n) is 24.8. The number of hydrogen-bond acceptors (Lipinski definition) is 21. The van der Waals surface area contributed by atoms with Crippen molar-refractivity contribution >= 4 is 11.9 Å². The second-order valence-electron chi connectivity index (χ2n) is 22.7. The fourth-order valence-electron chi connectivity index (χ4n) is 14.9. The van der Waals surface area contributed by atoms with Crippen molar-refractivity contribution in [1.29, 1.82) is 0 Å². The van der Waals surface area contributed by atoms with E-state index in [-0.39, 0.29) is 35.7 Å². The van der Waals surface area contributed by atoms with Gasteiger partial charge in [0, 0.05) is 24.2 Å². The zero-order chi connectivity index (χ0) is 49.9. The van der Waals surface area contributed by atoms with Crippen LogP contribution < -0.4 is 0 Å². The van der Waals surface area contributed by atoms with Gasteiger partial charge in [0.1, 0.15) is 85.5 Å². The third-order valence-electron chi connectivity index (χ3n) is 19.1. The fraction of sp³-hybridized carbons (Fsp3) is 0.917. The lowest BCUT2D eigenvalue weighted by molar-refractivity contribution is -0.377. The van der Waals surface area contributed by atoms with Crippen molar-refractivity contribution in [2.75, 3.05) is 19.8 Å². The molecule has 4 heterocycles. The van der Waals surface area contributed by atoms with E-state index in [0.717, 1.165) is 44.1 Å². The molecule has 9 rings (SSSR count). The molecule has 0 aromatic heterocycles. The summed E-state index contributed by atoms with van der Waals surface area (Å²) in [5, 5.41) is 117. The first kappa shape index (κ1) is 51.9. The van der Waals surface area contributed by atoms with Gasteiger partial charge in [-0.05, 0) is 93.3 Å². The zero-order valence-electron chi connectivity index (χ0n) is 39.8. The molecular weight excluding hydrogens is 913 g/mol. The van der Waals surface area contributed by atoms with Crippen LogP contribution in [0.25, 0.3) is 0 Å². The molecule has 8 fully saturated rings. The summed E-state index contributed by atoms with van der Waals surface area (Å²) in [5.74, 6) is 0.156. The third kappa shape index (κ3) is 8.53. The summed E-state index contributed by atoms with van der Waals surface area (Å²) in [6.45, 7) is 7.40. The molecule has 9 aliphatic rings. The first-order chi connectivity index (χ1) is 32.5. The monoisotopic (exact) mass is 986 g/mol. The van der Waals surface area contributed by atoms with Crippen LogP contribution in [0.1, 0.15) is 92.4 Å². The Morgan fingerprint density at radius 2 is 1.30 bits per heavy atom. The van der Waals surface area contributed by atoms with Crippen molar-refractivity contribution < 1.29 is 104 Å². The molecule has 4 saturated carbocycles. The number of allylic oxidation sites excluding steroid dienone is 1. The first-order valence-corrected chi connectivity index (χ1v) is 24.8. The summed E-state index contributed by atoms with van der Waals surface area (Å²) in [7, 11) is 0. The van der Waals surface area contributed by atoms with Gasteiger partial charge in [0.05, 0.1) is 25.9 Å². The summed E-state index contributed by atoms with van der Waals surface area (Å²) in [5.41, 5.74) is -1.73. The van der Waals surface area contributed by atoms with E-state index in [2.05, 4.69) is 19.9 Å². The topological polar surface area (TPSA) is 331 Å². The van der Waals surface area contributed by atoms with E-state index < -0.39 is 153 Å². The van der Waals surface area contributed by atoms with E-state index in [1.807, 2.05) is 6.92 Å². The molecule has 69 heavy (non-hydrogen) atoms. The number of ether oxygens (including phenoxy) is 8. The standard InChI is InChI=1S/C48H74O21/c1-19(51)63-31-13-21(12-20-6-7-22-24-8-9-25(46(24,3)11-10-26(22)47(20,31)4)23-14-45(2)15-27(23)68-44(60)48(45,5)61)64-43-40(69-42-39(59)36(56)33(53)29(17-50)66-42)37(57)34(54)30(67-43)18-62-41-38(58)35(55)32(52)28(16-49)65-41/h6,21-43,49-50,52-59,61H,7-18H2,1-5H3/t21-,22+,23+,24+,25-,26+,27+,28-,29-,30-,31+,32-,33-,34-,35+,36+,37+,38-,39-,40-,41-,42+,43-,45+,46+,47+,48-/m1/s1. The van der Waals surface area contributed by atoms with Crippen LogP contribution in [0.4, 0.5) is 0 Å². The number of esters is 2. The van der Waals surface area contributed by atoms with Crippen LogP contribution in [0.5, 0.6) is 0 Å². The van der Waals surface area contributed by atoms with Gasteiger partial charge in [0.25, 0.3) is 0 Å². The number of aliphatic hydroxyl groups excluding tert-OH is 10. The summed E-state index contributed by atoms with van der Waals surface area (Å²) in [4.78, 5) is 26.0.